The number of anilines is 2. The number of unbranched alkanes of at least 4 members (excludes halogenated alkanes) is 12. The van der Waals surface area contributed by atoms with Crippen LogP contribution in [-0.4, -0.2) is 96.9 Å². The van der Waals surface area contributed by atoms with Crippen LogP contribution in [0.5, 0.6) is 0 Å². The van der Waals surface area contributed by atoms with Gasteiger partial charge in [-0.2, -0.15) is 0 Å². The number of rotatable bonds is 38. The highest BCUT2D eigenvalue weighted by molar-refractivity contribution is 5.96. The van der Waals surface area contributed by atoms with E-state index < -0.39 is 102 Å². The van der Waals surface area contributed by atoms with Crippen molar-refractivity contribution in [2.45, 2.75) is 161 Å². The third-order valence-electron chi connectivity index (χ3n) is 11.3. The summed E-state index contributed by atoms with van der Waals surface area (Å²) in [7, 11) is 0. The average Bonchev–Trinajstić information content (AvgIpc) is 3.30. The predicted octanol–water partition coefficient (Wildman–Crippen LogP) is 2.80. The molecule has 0 aliphatic carbocycles. The SMILES string of the molecule is CCCCCCCCC/C=C\CCCCCCCNc1c(NCC(=O)NC(Cc2ccccc2)C(=O)NC(C(=O)N[C@@H](CCCN)C(=O)NCC(=O)N[C@@H](CC(=O)O)C(N)=O)C(C)C)c(=O)c1=O. The van der Waals surface area contributed by atoms with Crippen LogP contribution in [0, 0.1) is 5.92 Å². The second kappa shape index (κ2) is 33.4. The molecular weight excluding hydrogens is 875 g/mol. The van der Waals surface area contributed by atoms with Gasteiger partial charge in [-0.15, -0.1) is 0 Å². The highest BCUT2D eigenvalue weighted by atomic mass is 16.4. The number of carboxylic acid groups (broad SMARTS) is 1. The number of nitrogens with two attached hydrogens (primary N) is 2. The van der Waals surface area contributed by atoms with Gasteiger partial charge in [-0.3, -0.25) is 43.2 Å². The monoisotopic (exact) mass is 952 g/mol. The normalized spacial score (nSPS) is 13.0. The molecule has 378 valence electrons. The van der Waals surface area contributed by atoms with Crippen LogP contribution in [0.25, 0.3) is 0 Å². The first-order valence-electron chi connectivity index (χ1n) is 24.3. The number of benzene rings is 1. The highest BCUT2D eigenvalue weighted by Gasteiger charge is 2.32. The van der Waals surface area contributed by atoms with E-state index in [2.05, 4.69) is 56.3 Å². The van der Waals surface area contributed by atoms with Gasteiger partial charge in [0.15, 0.2) is 0 Å². The van der Waals surface area contributed by atoms with Crippen LogP contribution in [0.4, 0.5) is 11.4 Å². The smallest absolute Gasteiger partial charge is 0.305 e. The molecule has 0 heterocycles. The van der Waals surface area contributed by atoms with Gasteiger partial charge < -0.3 is 53.8 Å². The molecule has 2 unspecified atom stereocenters. The lowest BCUT2D eigenvalue weighted by molar-refractivity contribution is -0.140. The minimum absolute atomic E-state index is 0.00377. The van der Waals surface area contributed by atoms with Crippen molar-refractivity contribution < 1.29 is 38.7 Å². The fraction of sp³-hybridized carbons (Fsp3) is 0.612. The van der Waals surface area contributed by atoms with Gasteiger partial charge in [0.2, 0.25) is 35.4 Å². The van der Waals surface area contributed by atoms with Crippen LogP contribution < -0.4 is 59.5 Å². The molecule has 0 spiro atoms. The Balaban J connectivity index is 1.95. The molecule has 0 saturated heterocycles. The minimum Gasteiger partial charge on any atom is -0.481 e. The molecule has 4 atom stereocenters. The Morgan fingerprint density at radius 3 is 1.76 bits per heavy atom. The van der Waals surface area contributed by atoms with Crippen LogP contribution in [-0.2, 0) is 40.0 Å². The molecule has 0 fully saturated rings. The fourth-order valence-electron chi connectivity index (χ4n) is 7.36. The van der Waals surface area contributed by atoms with Crippen LogP contribution in [0.15, 0.2) is 52.1 Å². The second-order valence-corrected chi connectivity index (χ2v) is 17.5. The van der Waals surface area contributed by atoms with Gasteiger partial charge in [0.05, 0.1) is 19.5 Å². The predicted molar refractivity (Wildman–Crippen MR) is 263 cm³/mol. The largest absolute Gasteiger partial charge is 0.481 e. The van der Waals surface area contributed by atoms with E-state index in [0.29, 0.717) is 12.1 Å². The van der Waals surface area contributed by atoms with E-state index in [0.717, 1.165) is 44.9 Å². The maximum absolute atomic E-state index is 13.9. The number of carbonyl (C=O) groups excluding carboxylic acids is 6. The van der Waals surface area contributed by atoms with Crippen LogP contribution in [0.3, 0.4) is 0 Å². The van der Waals surface area contributed by atoms with Gasteiger partial charge in [-0.1, -0.05) is 121 Å². The summed E-state index contributed by atoms with van der Waals surface area (Å²) >= 11 is 0. The molecule has 2 aromatic rings. The van der Waals surface area contributed by atoms with Gasteiger partial charge in [0, 0.05) is 13.0 Å². The van der Waals surface area contributed by atoms with Crippen molar-refractivity contribution >= 4 is 52.8 Å². The van der Waals surface area contributed by atoms with E-state index in [1.807, 2.05) is 0 Å². The zero-order valence-corrected chi connectivity index (χ0v) is 40.3. The number of hydrogen-bond donors (Lipinski definition) is 10. The van der Waals surface area contributed by atoms with Gasteiger partial charge in [0.1, 0.15) is 35.5 Å². The average molecular weight is 952 g/mol. The Kier molecular flexibility index (Phi) is 28.5. The van der Waals surface area contributed by atoms with Gasteiger partial charge >= 0.3 is 5.97 Å². The first-order valence-corrected chi connectivity index (χ1v) is 24.3. The zero-order chi connectivity index (χ0) is 50.3. The standard InChI is InChI=1S/C49H77N9O10/c1-4-5-6-7-8-9-10-11-12-13-14-15-16-17-18-22-28-52-42-43(45(64)44(42)63)53-31-38(59)56-37(29-34-24-20-19-21-25-34)48(67)58-41(33(2)3)49(68)57-35(26-23-27-50)47(66)54-32-39(60)55-36(46(51)65)30-40(61)62/h12-13,19-21,24-25,33,35-37,41,52-53H,4-11,14-18,22-23,26-32,50H2,1-3H3,(H2,51,65)(H,54,66)(H,55,60)(H,56,59)(H,57,68)(H,58,67)(H,61,62)/b13-12-/t35-,36-,37?,41?/m0/s1. The Morgan fingerprint density at radius 2 is 1.19 bits per heavy atom. The number of hydrogen-bond acceptors (Lipinski definition) is 12. The Labute approximate surface area is 400 Å². The summed E-state index contributed by atoms with van der Waals surface area (Å²) in [5, 5.41) is 27.2. The van der Waals surface area contributed by atoms with Crippen molar-refractivity contribution in [3.8, 4) is 0 Å². The quantitative estimate of drug-likeness (QED) is 0.0264. The summed E-state index contributed by atoms with van der Waals surface area (Å²) in [6.45, 7) is 5.11. The second-order valence-electron chi connectivity index (χ2n) is 17.5. The minimum atomic E-state index is -1.51. The summed E-state index contributed by atoms with van der Waals surface area (Å²) in [6, 6.07) is 3.70. The van der Waals surface area contributed by atoms with Crippen molar-refractivity contribution in [2.75, 3.05) is 36.8 Å². The Morgan fingerprint density at radius 1 is 0.632 bits per heavy atom. The van der Waals surface area contributed by atoms with E-state index in [1.165, 1.54) is 44.9 Å². The van der Waals surface area contributed by atoms with Crippen LogP contribution in [0.2, 0.25) is 0 Å². The molecule has 12 N–H and O–H groups in total. The van der Waals surface area contributed by atoms with Gasteiger partial charge in [-0.25, -0.2) is 0 Å². The number of amides is 6. The third-order valence-corrected chi connectivity index (χ3v) is 11.3. The number of allylic oxidation sites excluding steroid dienone is 2. The molecule has 6 amide bonds. The summed E-state index contributed by atoms with van der Waals surface area (Å²) in [5.41, 5.74) is 10.2. The van der Waals surface area contributed by atoms with Gasteiger partial charge in [0.25, 0.3) is 10.9 Å². The molecule has 2 rings (SSSR count). The fourth-order valence-corrected chi connectivity index (χ4v) is 7.36. The highest BCUT2D eigenvalue weighted by Crippen LogP contribution is 2.16. The molecule has 0 aromatic heterocycles. The summed E-state index contributed by atoms with van der Waals surface area (Å²) in [4.78, 5) is 114. The molecule has 19 nitrogen and oxygen atoms in total. The van der Waals surface area contributed by atoms with E-state index >= 15 is 0 Å². The van der Waals surface area contributed by atoms with Crippen molar-refractivity contribution in [2.24, 2.45) is 17.4 Å². The zero-order valence-electron chi connectivity index (χ0n) is 40.3. The molecule has 0 saturated carbocycles. The molecule has 2 aromatic carbocycles. The van der Waals surface area contributed by atoms with Crippen molar-refractivity contribution in [1.82, 2.24) is 26.6 Å². The lowest BCUT2D eigenvalue weighted by Crippen LogP contribution is -2.59. The maximum Gasteiger partial charge on any atom is 0.305 e. The maximum atomic E-state index is 13.9. The molecule has 0 aliphatic rings. The Hall–Kier alpha value is -6.11. The molecule has 0 bridgehead atoms. The molecule has 0 aliphatic heterocycles. The number of carbonyl (C=O) groups is 7. The van der Waals surface area contributed by atoms with E-state index in [1.54, 1.807) is 44.2 Å². The lowest BCUT2D eigenvalue weighted by Gasteiger charge is -2.27. The number of nitrogens with one attached hydrogen (secondary N) is 7. The van der Waals surface area contributed by atoms with Crippen molar-refractivity contribution in [3.63, 3.8) is 0 Å². The Bertz CT molecular complexity index is 1980. The molecule has 0 radical (unpaired) electrons. The van der Waals surface area contributed by atoms with Crippen LogP contribution >= 0.6 is 0 Å². The summed E-state index contributed by atoms with van der Waals surface area (Å²) in [5.74, 6) is -6.79. The molecular formula is C49H77N9O10. The van der Waals surface area contributed by atoms with E-state index in [-0.39, 0.29) is 37.2 Å². The van der Waals surface area contributed by atoms with Crippen LogP contribution in [0.1, 0.15) is 135 Å². The van der Waals surface area contributed by atoms with Gasteiger partial charge in [-0.05, 0) is 63.0 Å². The van der Waals surface area contributed by atoms with Crippen molar-refractivity contribution in [3.05, 3.63) is 68.5 Å². The lowest BCUT2D eigenvalue weighted by atomic mass is 10.00. The first-order chi connectivity index (χ1) is 32.6. The molecule has 68 heavy (non-hydrogen) atoms. The van der Waals surface area contributed by atoms with E-state index in [9.17, 15) is 43.2 Å². The molecule has 19 heteroatoms. The number of carboxylic acids is 1. The number of aliphatic carboxylic acids is 1. The number of primary amides is 1. The first kappa shape index (κ1) is 58.0. The summed E-state index contributed by atoms with van der Waals surface area (Å²) in [6.07, 6.45) is 20.7. The third kappa shape index (κ3) is 23.1. The topological polar surface area (TPSA) is 310 Å². The summed E-state index contributed by atoms with van der Waals surface area (Å²) < 4.78 is 0. The van der Waals surface area contributed by atoms with E-state index in [4.69, 9.17) is 16.6 Å². The van der Waals surface area contributed by atoms with Crippen molar-refractivity contribution in [1.29, 1.82) is 0 Å².